The number of halogens is 4. The van der Waals surface area contributed by atoms with Gasteiger partial charge in [0.15, 0.2) is 0 Å². The van der Waals surface area contributed by atoms with E-state index in [1.54, 1.807) is 25.3 Å². The SMILES string of the molecule is COc1ccc([C@@H]2[C@@H](C(=O)Nc3ccc(Cl)c(C(=O)Nc4ccc(F)cc4)c3)C2(Cl)Cl)cc1. The Morgan fingerprint density at radius 1 is 0.939 bits per heavy atom. The molecule has 2 N–H and O–H groups in total. The molecule has 2 amide bonds. The Balaban J connectivity index is 1.48. The fourth-order valence-electron chi connectivity index (χ4n) is 3.61. The van der Waals surface area contributed by atoms with Gasteiger partial charge in [0.25, 0.3) is 5.91 Å². The summed E-state index contributed by atoms with van der Waals surface area (Å²) in [7, 11) is 1.57. The molecule has 1 saturated carbocycles. The van der Waals surface area contributed by atoms with Crippen LogP contribution in [0, 0.1) is 11.7 Å². The summed E-state index contributed by atoms with van der Waals surface area (Å²) >= 11 is 19.0. The van der Waals surface area contributed by atoms with Crippen molar-refractivity contribution in [1.29, 1.82) is 0 Å². The number of nitrogens with one attached hydrogen (secondary N) is 2. The van der Waals surface area contributed by atoms with E-state index in [2.05, 4.69) is 10.6 Å². The minimum Gasteiger partial charge on any atom is -0.497 e. The van der Waals surface area contributed by atoms with E-state index in [1.165, 1.54) is 36.4 Å². The van der Waals surface area contributed by atoms with Crippen LogP contribution in [0.2, 0.25) is 5.02 Å². The average Bonchev–Trinajstić information content (AvgIpc) is 3.38. The molecule has 5 nitrogen and oxygen atoms in total. The molecule has 0 radical (unpaired) electrons. The van der Waals surface area contributed by atoms with Crippen molar-refractivity contribution in [2.24, 2.45) is 5.92 Å². The molecule has 1 fully saturated rings. The number of anilines is 2. The van der Waals surface area contributed by atoms with Crippen LogP contribution in [-0.2, 0) is 4.79 Å². The van der Waals surface area contributed by atoms with Crippen molar-refractivity contribution < 1.29 is 18.7 Å². The third kappa shape index (κ3) is 4.93. The summed E-state index contributed by atoms with van der Waals surface area (Å²) in [6, 6.07) is 17.0. The molecule has 2 atom stereocenters. The normalized spacial score (nSPS) is 18.3. The van der Waals surface area contributed by atoms with Crippen LogP contribution in [0.1, 0.15) is 21.8 Å². The average molecular weight is 508 g/mol. The van der Waals surface area contributed by atoms with Crippen LogP contribution in [0.5, 0.6) is 5.75 Å². The Morgan fingerprint density at radius 2 is 1.58 bits per heavy atom. The number of carbonyl (C=O) groups is 2. The molecule has 4 rings (SSSR count). The second-order valence-corrected chi connectivity index (χ2v) is 9.40. The Morgan fingerprint density at radius 3 is 2.21 bits per heavy atom. The van der Waals surface area contributed by atoms with Crippen molar-refractivity contribution in [3.63, 3.8) is 0 Å². The van der Waals surface area contributed by atoms with Gasteiger partial charge in [-0.3, -0.25) is 9.59 Å². The van der Waals surface area contributed by atoms with Crippen LogP contribution >= 0.6 is 34.8 Å². The zero-order valence-corrected chi connectivity index (χ0v) is 19.5. The summed E-state index contributed by atoms with van der Waals surface area (Å²) in [6.07, 6.45) is 0. The van der Waals surface area contributed by atoms with Gasteiger partial charge in [0.1, 0.15) is 15.9 Å². The summed E-state index contributed by atoms with van der Waals surface area (Å²) < 4.78 is 17.0. The first-order chi connectivity index (χ1) is 15.7. The van der Waals surface area contributed by atoms with Gasteiger partial charge in [0, 0.05) is 17.3 Å². The van der Waals surface area contributed by atoms with Crippen LogP contribution in [-0.4, -0.2) is 23.3 Å². The summed E-state index contributed by atoms with van der Waals surface area (Å²) in [5.74, 6) is -1.69. The second kappa shape index (κ2) is 9.21. The minimum atomic E-state index is -1.26. The highest BCUT2D eigenvalue weighted by Crippen LogP contribution is 2.65. The standard InChI is InChI=1S/C24H18Cl3FN2O3/c1-33-17-9-2-13(3-10-17)20-21(24(20,26)27)23(32)30-16-8-11-19(25)18(12-16)22(31)29-15-6-4-14(28)5-7-15/h2-12,20-21H,1H3,(H,29,31)(H,30,32)/t20-,21+/m1/s1. The lowest BCUT2D eigenvalue weighted by atomic mass is 10.1. The van der Waals surface area contributed by atoms with E-state index >= 15 is 0 Å². The van der Waals surface area contributed by atoms with Crippen molar-refractivity contribution >= 4 is 58.0 Å². The number of alkyl halides is 2. The lowest BCUT2D eigenvalue weighted by Gasteiger charge is -2.10. The van der Waals surface area contributed by atoms with Gasteiger partial charge in [-0.15, -0.1) is 23.2 Å². The number of hydrogen-bond acceptors (Lipinski definition) is 3. The fraction of sp³-hybridized carbons (Fsp3) is 0.167. The number of hydrogen-bond donors (Lipinski definition) is 2. The number of benzene rings is 3. The summed E-state index contributed by atoms with van der Waals surface area (Å²) in [5.41, 5.74) is 1.72. The number of rotatable bonds is 6. The van der Waals surface area contributed by atoms with Gasteiger partial charge in [-0.2, -0.15) is 0 Å². The second-order valence-electron chi connectivity index (χ2n) is 7.55. The number of carbonyl (C=O) groups excluding carboxylic acids is 2. The smallest absolute Gasteiger partial charge is 0.257 e. The number of amides is 2. The largest absolute Gasteiger partial charge is 0.497 e. The van der Waals surface area contributed by atoms with E-state index < -0.39 is 22.0 Å². The minimum absolute atomic E-state index is 0.143. The first-order valence-electron chi connectivity index (χ1n) is 9.90. The molecule has 33 heavy (non-hydrogen) atoms. The third-order valence-electron chi connectivity index (χ3n) is 5.39. The molecule has 0 aliphatic heterocycles. The quantitative estimate of drug-likeness (QED) is 0.387. The van der Waals surface area contributed by atoms with Crippen LogP contribution in [0.3, 0.4) is 0 Å². The molecular weight excluding hydrogens is 490 g/mol. The fourth-order valence-corrected chi connectivity index (χ4v) is 4.64. The maximum atomic E-state index is 13.1. The van der Waals surface area contributed by atoms with Gasteiger partial charge in [-0.1, -0.05) is 23.7 Å². The molecule has 1 aliphatic rings. The maximum Gasteiger partial charge on any atom is 0.257 e. The predicted octanol–water partition coefficient (Wildman–Crippen LogP) is 6.27. The molecule has 1 aliphatic carbocycles. The highest BCUT2D eigenvalue weighted by atomic mass is 35.5. The molecule has 0 aromatic heterocycles. The lowest BCUT2D eigenvalue weighted by Crippen LogP contribution is -2.18. The van der Waals surface area contributed by atoms with E-state index in [1.807, 2.05) is 12.1 Å². The summed E-state index contributed by atoms with van der Waals surface area (Å²) in [5, 5.41) is 5.59. The number of methoxy groups -OCH3 is 1. The van der Waals surface area contributed by atoms with E-state index in [0.717, 1.165) is 5.56 Å². The molecule has 9 heteroatoms. The topological polar surface area (TPSA) is 67.4 Å². The molecule has 0 bridgehead atoms. The van der Waals surface area contributed by atoms with Gasteiger partial charge in [-0.25, -0.2) is 4.39 Å². The summed E-state index contributed by atoms with van der Waals surface area (Å²) in [4.78, 5) is 25.6. The molecule has 170 valence electrons. The van der Waals surface area contributed by atoms with Gasteiger partial charge in [0.05, 0.1) is 23.6 Å². The van der Waals surface area contributed by atoms with Gasteiger partial charge in [-0.05, 0) is 60.2 Å². The molecule has 3 aromatic rings. The van der Waals surface area contributed by atoms with Gasteiger partial charge < -0.3 is 15.4 Å². The molecule has 0 spiro atoms. The maximum absolute atomic E-state index is 13.1. The van der Waals surface area contributed by atoms with E-state index in [4.69, 9.17) is 39.5 Å². The molecule has 0 saturated heterocycles. The van der Waals surface area contributed by atoms with E-state index in [9.17, 15) is 14.0 Å². The lowest BCUT2D eigenvalue weighted by molar-refractivity contribution is -0.117. The van der Waals surface area contributed by atoms with Crippen molar-refractivity contribution in [2.45, 2.75) is 10.3 Å². The van der Waals surface area contributed by atoms with Crippen molar-refractivity contribution in [2.75, 3.05) is 17.7 Å². The van der Waals surface area contributed by atoms with Gasteiger partial charge in [0.2, 0.25) is 5.91 Å². The zero-order valence-electron chi connectivity index (χ0n) is 17.2. The Hall–Kier alpha value is -2.80. The van der Waals surface area contributed by atoms with E-state index in [0.29, 0.717) is 17.1 Å². The van der Waals surface area contributed by atoms with Crippen molar-refractivity contribution in [1.82, 2.24) is 0 Å². The van der Waals surface area contributed by atoms with Crippen molar-refractivity contribution in [3.05, 3.63) is 88.7 Å². The molecule has 0 heterocycles. The predicted molar refractivity (Wildman–Crippen MR) is 128 cm³/mol. The highest BCUT2D eigenvalue weighted by molar-refractivity contribution is 6.53. The van der Waals surface area contributed by atoms with Crippen LogP contribution in [0.4, 0.5) is 15.8 Å². The monoisotopic (exact) mass is 506 g/mol. The summed E-state index contributed by atoms with van der Waals surface area (Å²) in [6.45, 7) is 0. The van der Waals surface area contributed by atoms with E-state index in [-0.39, 0.29) is 22.4 Å². The van der Waals surface area contributed by atoms with Crippen molar-refractivity contribution in [3.8, 4) is 5.75 Å². The Bertz CT molecular complexity index is 1200. The molecule has 0 unspecified atom stereocenters. The zero-order chi connectivity index (χ0) is 23.8. The van der Waals surface area contributed by atoms with Crippen LogP contribution in [0.25, 0.3) is 0 Å². The third-order valence-corrected chi connectivity index (χ3v) is 6.66. The van der Waals surface area contributed by atoms with Crippen LogP contribution in [0.15, 0.2) is 66.7 Å². The number of ether oxygens (including phenoxy) is 1. The van der Waals surface area contributed by atoms with Gasteiger partial charge >= 0.3 is 0 Å². The Labute approximate surface area is 204 Å². The highest BCUT2D eigenvalue weighted by Gasteiger charge is 2.67. The molecular formula is C24H18Cl3FN2O3. The first kappa shape index (κ1) is 23.4. The molecule has 3 aromatic carbocycles. The van der Waals surface area contributed by atoms with Crippen LogP contribution < -0.4 is 15.4 Å². The Kier molecular flexibility index (Phi) is 6.52. The first-order valence-corrected chi connectivity index (χ1v) is 11.0.